The third-order valence-electron chi connectivity index (χ3n) is 3.90. The first kappa shape index (κ1) is 16.7. The fourth-order valence-corrected chi connectivity index (χ4v) is 3.24. The fraction of sp³-hybridized carbons (Fsp3) is 0.278. The minimum atomic E-state index is -0.113. The molecular weight excluding hydrogens is 324 g/mol. The third-order valence-corrected chi connectivity index (χ3v) is 4.76. The zero-order valence-corrected chi connectivity index (χ0v) is 14.5. The number of ether oxygens (including phenoxy) is 1. The summed E-state index contributed by atoms with van der Waals surface area (Å²) in [6.45, 7) is 0.616. The Labute approximate surface area is 145 Å². The molecule has 1 atom stereocenters. The molecule has 3 rings (SSSR count). The van der Waals surface area contributed by atoms with Crippen LogP contribution >= 0.6 is 11.3 Å². The molecule has 1 aromatic carbocycles. The summed E-state index contributed by atoms with van der Waals surface area (Å²) in [5.41, 5.74) is 1.87. The lowest BCUT2D eigenvalue weighted by Crippen LogP contribution is -2.27. The van der Waals surface area contributed by atoms with E-state index in [1.807, 2.05) is 48.8 Å². The van der Waals surface area contributed by atoms with Gasteiger partial charge in [-0.25, -0.2) is 4.98 Å². The van der Waals surface area contributed by atoms with Crippen LogP contribution in [0.3, 0.4) is 0 Å². The van der Waals surface area contributed by atoms with Gasteiger partial charge in [-0.3, -0.25) is 4.90 Å². The predicted octanol–water partition coefficient (Wildman–Crippen LogP) is 3.58. The molecule has 0 aliphatic carbocycles. The second-order valence-electron chi connectivity index (χ2n) is 5.51. The molecule has 0 amide bonds. The van der Waals surface area contributed by atoms with Gasteiger partial charge < -0.3 is 14.3 Å². The lowest BCUT2D eigenvalue weighted by Gasteiger charge is -2.26. The van der Waals surface area contributed by atoms with Gasteiger partial charge in [0.1, 0.15) is 12.0 Å². The molecule has 0 aliphatic heterocycles. The lowest BCUT2D eigenvalue weighted by molar-refractivity contribution is 0.141. The molecule has 5 nitrogen and oxygen atoms in total. The number of aliphatic hydroxyl groups excluding tert-OH is 1. The van der Waals surface area contributed by atoms with E-state index >= 15 is 0 Å². The highest BCUT2D eigenvalue weighted by molar-refractivity contribution is 7.13. The molecule has 1 N–H and O–H groups in total. The van der Waals surface area contributed by atoms with E-state index in [0.717, 1.165) is 21.9 Å². The van der Waals surface area contributed by atoms with E-state index in [2.05, 4.69) is 9.88 Å². The molecule has 0 bridgehead atoms. The van der Waals surface area contributed by atoms with Crippen LogP contribution in [0.15, 0.2) is 52.5 Å². The summed E-state index contributed by atoms with van der Waals surface area (Å²) in [5.74, 6) is 1.44. The van der Waals surface area contributed by atoms with Crippen LogP contribution in [0.4, 0.5) is 0 Å². The fourth-order valence-electron chi connectivity index (χ4n) is 2.58. The standard InChI is InChI=1S/C18H20N2O3S/c1-20(16(11-21)13-5-7-15(22-2)8-6-13)10-14-12-23-18(19-14)17-4-3-9-24-17/h3-9,12,16,21H,10-11H2,1-2H3. The van der Waals surface area contributed by atoms with Gasteiger partial charge in [-0.05, 0) is 36.2 Å². The van der Waals surface area contributed by atoms with E-state index < -0.39 is 0 Å². The first-order valence-corrected chi connectivity index (χ1v) is 8.52. The van der Waals surface area contributed by atoms with Gasteiger partial charge in [-0.15, -0.1) is 11.3 Å². The van der Waals surface area contributed by atoms with Crippen LogP contribution in [0.1, 0.15) is 17.3 Å². The Morgan fingerprint density at radius 2 is 2.08 bits per heavy atom. The second-order valence-corrected chi connectivity index (χ2v) is 6.46. The van der Waals surface area contributed by atoms with E-state index in [-0.39, 0.29) is 12.6 Å². The number of benzene rings is 1. The van der Waals surface area contributed by atoms with Crippen LogP contribution in [0.25, 0.3) is 10.8 Å². The van der Waals surface area contributed by atoms with Gasteiger partial charge in [-0.2, -0.15) is 0 Å². The van der Waals surface area contributed by atoms with Gasteiger partial charge in [0, 0.05) is 6.54 Å². The van der Waals surface area contributed by atoms with Crippen molar-refractivity contribution < 1.29 is 14.3 Å². The van der Waals surface area contributed by atoms with E-state index in [9.17, 15) is 5.11 Å². The molecule has 6 heteroatoms. The van der Waals surface area contributed by atoms with Crippen molar-refractivity contribution >= 4 is 11.3 Å². The van der Waals surface area contributed by atoms with Gasteiger partial charge >= 0.3 is 0 Å². The minimum Gasteiger partial charge on any atom is -0.497 e. The maximum Gasteiger partial charge on any atom is 0.236 e. The smallest absolute Gasteiger partial charge is 0.236 e. The molecule has 3 aromatic rings. The summed E-state index contributed by atoms with van der Waals surface area (Å²) in [5, 5.41) is 11.8. The molecule has 0 fully saturated rings. The number of likely N-dealkylation sites (N-methyl/N-ethyl adjacent to an activating group) is 1. The van der Waals surface area contributed by atoms with Crippen molar-refractivity contribution in [2.45, 2.75) is 12.6 Å². The Kier molecular flexibility index (Phi) is 5.30. The van der Waals surface area contributed by atoms with Gasteiger partial charge in [0.05, 0.1) is 30.3 Å². The number of hydrogen-bond acceptors (Lipinski definition) is 6. The van der Waals surface area contributed by atoms with Crippen molar-refractivity contribution in [3.63, 3.8) is 0 Å². The van der Waals surface area contributed by atoms with E-state index in [1.165, 1.54) is 0 Å². The van der Waals surface area contributed by atoms with Gasteiger partial charge in [0.2, 0.25) is 5.89 Å². The second kappa shape index (κ2) is 7.61. The number of rotatable bonds is 7. The number of aromatic nitrogens is 1. The quantitative estimate of drug-likeness (QED) is 0.710. The zero-order chi connectivity index (χ0) is 16.9. The lowest BCUT2D eigenvalue weighted by atomic mass is 10.1. The minimum absolute atomic E-state index is 0.0263. The van der Waals surface area contributed by atoms with Gasteiger partial charge in [0.15, 0.2) is 0 Å². The molecule has 2 aromatic heterocycles. The van der Waals surface area contributed by atoms with Crippen molar-refractivity contribution in [2.24, 2.45) is 0 Å². The van der Waals surface area contributed by atoms with Crippen LogP contribution in [-0.4, -0.2) is 35.8 Å². The predicted molar refractivity (Wildman–Crippen MR) is 94.1 cm³/mol. The highest BCUT2D eigenvalue weighted by Crippen LogP contribution is 2.26. The molecular formula is C18H20N2O3S. The number of aliphatic hydroxyl groups is 1. The van der Waals surface area contributed by atoms with Crippen LogP contribution in [0, 0.1) is 0 Å². The van der Waals surface area contributed by atoms with Gasteiger partial charge in [0.25, 0.3) is 0 Å². The van der Waals surface area contributed by atoms with Crippen molar-refractivity contribution in [1.29, 1.82) is 0 Å². The number of thiophene rings is 1. The molecule has 2 heterocycles. The van der Waals surface area contributed by atoms with Crippen molar-refractivity contribution in [3.8, 4) is 16.5 Å². The van der Waals surface area contributed by atoms with Crippen LogP contribution in [0.5, 0.6) is 5.75 Å². The Morgan fingerprint density at radius 3 is 2.71 bits per heavy atom. The summed E-state index contributed by atoms with van der Waals surface area (Å²) in [4.78, 5) is 7.60. The van der Waals surface area contributed by atoms with Gasteiger partial charge in [-0.1, -0.05) is 18.2 Å². The SMILES string of the molecule is COc1ccc(C(CO)N(C)Cc2coc(-c3cccs3)n2)cc1. The number of methoxy groups -OCH3 is 1. The summed E-state index contributed by atoms with van der Waals surface area (Å²) < 4.78 is 10.7. The average Bonchev–Trinajstić information content (AvgIpc) is 3.27. The Morgan fingerprint density at radius 1 is 1.29 bits per heavy atom. The summed E-state index contributed by atoms with van der Waals surface area (Å²) in [7, 11) is 3.60. The van der Waals surface area contributed by atoms with E-state index in [1.54, 1.807) is 24.7 Å². The number of hydrogen-bond donors (Lipinski definition) is 1. The molecule has 126 valence electrons. The average molecular weight is 344 g/mol. The summed E-state index contributed by atoms with van der Waals surface area (Å²) in [6.07, 6.45) is 1.67. The van der Waals surface area contributed by atoms with Crippen LogP contribution in [0.2, 0.25) is 0 Å². The Bertz CT molecular complexity index is 753. The molecule has 0 spiro atoms. The summed E-state index contributed by atoms with van der Waals surface area (Å²) in [6, 6.07) is 11.6. The normalized spacial score (nSPS) is 12.5. The topological polar surface area (TPSA) is 58.7 Å². The molecule has 0 aliphatic rings. The Balaban J connectivity index is 1.71. The Hall–Kier alpha value is -2.15. The first-order valence-electron chi connectivity index (χ1n) is 7.64. The highest BCUT2D eigenvalue weighted by atomic mass is 32.1. The van der Waals surface area contributed by atoms with Crippen molar-refractivity contribution in [3.05, 3.63) is 59.3 Å². The molecule has 0 radical (unpaired) electrons. The van der Waals surface area contributed by atoms with Crippen LogP contribution < -0.4 is 4.74 Å². The highest BCUT2D eigenvalue weighted by Gasteiger charge is 2.18. The molecule has 0 saturated heterocycles. The molecule has 1 unspecified atom stereocenters. The molecule has 0 saturated carbocycles. The maximum atomic E-state index is 9.79. The third kappa shape index (κ3) is 3.67. The molecule has 24 heavy (non-hydrogen) atoms. The van der Waals surface area contributed by atoms with Crippen molar-refractivity contribution in [1.82, 2.24) is 9.88 Å². The van der Waals surface area contributed by atoms with Crippen LogP contribution in [-0.2, 0) is 6.54 Å². The summed E-state index contributed by atoms with van der Waals surface area (Å²) >= 11 is 1.60. The van der Waals surface area contributed by atoms with E-state index in [4.69, 9.17) is 9.15 Å². The van der Waals surface area contributed by atoms with E-state index in [0.29, 0.717) is 12.4 Å². The zero-order valence-electron chi connectivity index (χ0n) is 13.7. The monoisotopic (exact) mass is 344 g/mol. The first-order chi connectivity index (χ1) is 11.7. The number of nitrogens with zero attached hydrogens (tertiary/aromatic N) is 2. The number of oxazole rings is 1. The van der Waals surface area contributed by atoms with Crippen molar-refractivity contribution in [2.75, 3.05) is 20.8 Å². The largest absolute Gasteiger partial charge is 0.497 e. The maximum absolute atomic E-state index is 9.79.